The minimum absolute atomic E-state index is 0.00861. The Labute approximate surface area is 106 Å². The maximum absolute atomic E-state index is 11.4. The summed E-state index contributed by atoms with van der Waals surface area (Å²) in [7, 11) is -8.16. The molecule has 1 aromatic carbocycles. The van der Waals surface area contributed by atoms with Gasteiger partial charge < -0.3 is 0 Å². The van der Waals surface area contributed by atoms with E-state index in [2.05, 4.69) is 0 Å². The van der Waals surface area contributed by atoms with Gasteiger partial charge in [0, 0.05) is 0 Å². The molecule has 0 aliphatic carbocycles. The average molecular weight is 293 g/mol. The van der Waals surface area contributed by atoms with Gasteiger partial charge in [-0.25, -0.2) is 32.2 Å². The molecule has 0 saturated carbocycles. The van der Waals surface area contributed by atoms with E-state index in [1.54, 1.807) is 0 Å². The molecule has 0 aliphatic heterocycles. The second-order valence-electron chi connectivity index (χ2n) is 3.76. The first kappa shape index (κ1) is 15.1. The van der Waals surface area contributed by atoms with Crippen LogP contribution in [-0.2, 0) is 31.6 Å². The van der Waals surface area contributed by atoms with E-state index < -0.39 is 26.7 Å². The van der Waals surface area contributed by atoms with Crippen molar-refractivity contribution in [1.29, 1.82) is 0 Å². The number of rotatable bonds is 4. The standard InChI is InChI=1S/C9H13N2O5S2/c1-6-8(17(10,13)14)4-7(2-3-12)5-9(6)18(11,15)16/h4-5H,2-3H2,1H3,(H2,10,13,14)(H2,11,15,16). The number of sulfonamides is 2. The van der Waals surface area contributed by atoms with E-state index in [9.17, 15) is 21.9 Å². The van der Waals surface area contributed by atoms with Gasteiger partial charge in [0.15, 0.2) is 0 Å². The predicted molar refractivity (Wildman–Crippen MR) is 63.2 cm³/mol. The molecule has 0 amide bonds. The Bertz CT molecular complexity index is 611. The van der Waals surface area contributed by atoms with Crippen LogP contribution in [0.3, 0.4) is 0 Å². The van der Waals surface area contributed by atoms with E-state index >= 15 is 0 Å². The van der Waals surface area contributed by atoms with Crippen molar-refractivity contribution in [2.45, 2.75) is 23.1 Å². The fourth-order valence-electron chi connectivity index (χ4n) is 1.57. The smallest absolute Gasteiger partial charge is 0.236 e. The number of hydrogen-bond acceptors (Lipinski definition) is 4. The van der Waals surface area contributed by atoms with Gasteiger partial charge in [0.2, 0.25) is 20.0 Å². The molecule has 1 radical (unpaired) electrons. The first-order valence-electron chi connectivity index (χ1n) is 4.84. The molecule has 9 heteroatoms. The molecule has 0 unspecified atom stereocenters. The molecular weight excluding hydrogens is 280 g/mol. The van der Waals surface area contributed by atoms with E-state index in [1.165, 1.54) is 19.1 Å². The van der Waals surface area contributed by atoms with Crippen LogP contribution < -0.4 is 10.3 Å². The summed E-state index contributed by atoms with van der Waals surface area (Å²) in [6, 6.07) is 2.38. The molecule has 18 heavy (non-hydrogen) atoms. The molecule has 0 atom stereocenters. The summed E-state index contributed by atoms with van der Waals surface area (Å²) >= 11 is 0. The Hall–Kier alpha value is -1.00. The summed E-state index contributed by atoms with van der Waals surface area (Å²) < 4.78 is 45.4. The molecule has 0 spiro atoms. The summed E-state index contributed by atoms with van der Waals surface area (Å²) in [6.45, 7) is 0.789. The van der Waals surface area contributed by atoms with Gasteiger partial charge in [-0.2, -0.15) is 0 Å². The minimum atomic E-state index is -4.08. The highest BCUT2D eigenvalue weighted by atomic mass is 32.2. The lowest BCUT2D eigenvalue weighted by atomic mass is 10.1. The number of nitrogens with two attached hydrogens (primary N) is 2. The topological polar surface area (TPSA) is 140 Å². The molecule has 0 saturated heterocycles. The van der Waals surface area contributed by atoms with Gasteiger partial charge in [-0.15, -0.1) is 0 Å². The van der Waals surface area contributed by atoms with E-state index in [1.807, 2.05) is 0 Å². The van der Waals surface area contributed by atoms with Crippen molar-refractivity contribution >= 4 is 20.0 Å². The molecular formula is C9H13N2O5S2. The molecule has 1 rings (SSSR count). The normalized spacial score (nSPS) is 12.7. The summed E-state index contributed by atoms with van der Waals surface area (Å²) in [5.41, 5.74) is 0.221. The first-order chi connectivity index (χ1) is 8.07. The van der Waals surface area contributed by atoms with Gasteiger partial charge in [0.1, 0.15) is 0 Å². The predicted octanol–water partition coefficient (Wildman–Crippen LogP) is -0.737. The lowest BCUT2D eigenvalue weighted by Crippen LogP contribution is -2.19. The second-order valence-corrected chi connectivity index (χ2v) is 6.82. The lowest BCUT2D eigenvalue weighted by molar-refractivity contribution is 0.197. The number of primary sulfonamides is 2. The molecule has 1 aromatic rings. The highest BCUT2D eigenvalue weighted by Gasteiger charge is 2.21. The van der Waals surface area contributed by atoms with Crippen molar-refractivity contribution in [3.05, 3.63) is 23.3 Å². The van der Waals surface area contributed by atoms with Crippen LogP contribution in [0, 0.1) is 6.92 Å². The zero-order chi connectivity index (χ0) is 14.1. The van der Waals surface area contributed by atoms with Crippen molar-refractivity contribution in [1.82, 2.24) is 0 Å². The lowest BCUT2D eigenvalue weighted by Gasteiger charge is -2.11. The highest BCUT2D eigenvalue weighted by Crippen LogP contribution is 2.23. The van der Waals surface area contributed by atoms with Gasteiger partial charge in [-0.05, 0) is 36.6 Å². The molecule has 101 valence electrons. The zero-order valence-corrected chi connectivity index (χ0v) is 11.2. The van der Waals surface area contributed by atoms with Crippen LogP contribution in [0.4, 0.5) is 0 Å². The van der Waals surface area contributed by atoms with Crippen molar-refractivity contribution in [2.75, 3.05) is 6.61 Å². The maximum Gasteiger partial charge on any atom is 0.238 e. The van der Waals surface area contributed by atoms with Gasteiger partial charge in [0.25, 0.3) is 0 Å². The Morgan fingerprint density at radius 2 is 1.39 bits per heavy atom. The van der Waals surface area contributed by atoms with E-state index in [-0.39, 0.29) is 27.3 Å². The van der Waals surface area contributed by atoms with Crippen LogP contribution in [0.2, 0.25) is 0 Å². The van der Waals surface area contributed by atoms with Crippen molar-refractivity contribution in [3.8, 4) is 0 Å². The Balaban J connectivity index is 3.70. The summed E-state index contributed by atoms with van der Waals surface area (Å²) in [6.07, 6.45) is -0.00861. The Morgan fingerprint density at radius 1 is 1.00 bits per heavy atom. The van der Waals surface area contributed by atoms with Gasteiger partial charge in [-0.1, -0.05) is 0 Å². The Morgan fingerprint density at radius 3 is 1.67 bits per heavy atom. The summed E-state index contributed by atoms with van der Waals surface area (Å²) in [5, 5.41) is 20.5. The van der Waals surface area contributed by atoms with Gasteiger partial charge in [0.05, 0.1) is 16.4 Å². The second kappa shape index (κ2) is 4.94. The molecule has 0 fully saturated rings. The molecule has 0 bridgehead atoms. The van der Waals surface area contributed by atoms with Crippen LogP contribution >= 0.6 is 0 Å². The molecule has 4 N–H and O–H groups in total. The van der Waals surface area contributed by atoms with E-state index in [0.29, 0.717) is 0 Å². The van der Waals surface area contributed by atoms with E-state index in [0.717, 1.165) is 0 Å². The van der Waals surface area contributed by atoms with Crippen molar-refractivity contribution in [2.24, 2.45) is 10.3 Å². The zero-order valence-electron chi connectivity index (χ0n) is 9.58. The van der Waals surface area contributed by atoms with Crippen molar-refractivity contribution in [3.63, 3.8) is 0 Å². The third-order valence-corrected chi connectivity index (χ3v) is 4.45. The summed E-state index contributed by atoms with van der Waals surface area (Å²) in [5.74, 6) is 0. The Kier molecular flexibility index (Phi) is 4.13. The largest absolute Gasteiger partial charge is 0.238 e. The molecule has 0 aromatic heterocycles. The SMILES string of the molecule is Cc1c(S(N)(=O)=O)cc(CC[O])cc1S(N)(=O)=O. The third-order valence-electron chi connectivity index (χ3n) is 2.38. The van der Waals surface area contributed by atoms with E-state index in [4.69, 9.17) is 10.3 Å². The highest BCUT2D eigenvalue weighted by molar-refractivity contribution is 7.90. The van der Waals surface area contributed by atoms with Crippen molar-refractivity contribution < 1.29 is 21.9 Å². The van der Waals surface area contributed by atoms with Gasteiger partial charge >= 0.3 is 0 Å². The van der Waals surface area contributed by atoms with Crippen LogP contribution in [0.25, 0.3) is 0 Å². The van der Waals surface area contributed by atoms with Crippen LogP contribution in [-0.4, -0.2) is 23.4 Å². The molecule has 7 nitrogen and oxygen atoms in total. The minimum Gasteiger partial charge on any atom is -0.236 e. The maximum atomic E-state index is 11.4. The van der Waals surface area contributed by atoms with Crippen LogP contribution in [0.15, 0.2) is 21.9 Å². The number of benzene rings is 1. The quantitative estimate of drug-likeness (QED) is 0.754. The fraction of sp³-hybridized carbons (Fsp3) is 0.333. The third kappa shape index (κ3) is 3.27. The van der Waals surface area contributed by atoms with Crippen LogP contribution in [0.5, 0.6) is 0 Å². The number of hydrogen-bond donors (Lipinski definition) is 2. The summed E-state index contributed by atoms with van der Waals surface area (Å²) in [4.78, 5) is -0.671. The monoisotopic (exact) mass is 293 g/mol. The fourth-order valence-corrected chi connectivity index (χ4v) is 3.34. The average Bonchev–Trinajstić information content (AvgIpc) is 2.17. The van der Waals surface area contributed by atoms with Gasteiger partial charge in [-0.3, -0.25) is 0 Å². The molecule has 0 heterocycles. The van der Waals surface area contributed by atoms with Crippen LogP contribution in [0.1, 0.15) is 11.1 Å². The molecule has 0 aliphatic rings. The first-order valence-corrected chi connectivity index (χ1v) is 7.94.